The topological polar surface area (TPSA) is 80.2 Å². The Kier molecular flexibility index (Phi) is 6.86. The number of aryl methyl sites for hydroxylation is 1. The smallest absolute Gasteiger partial charge is 0.262 e. The van der Waals surface area contributed by atoms with Gasteiger partial charge in [0.2, 0.25) is 0 Å². The van der Waals surface area contributed by atoms with E-state index in [9.17, 15) is 4.79 Å². The van der Waals surface area contributed by atoms with Crippen molar-refractivity contribution >= 4 is 29.4 Å². The maximum atomic E-state index is 12.2. The van der Waals surface area contributed by atoms with Crippen LogP contribution >= 0.6 is 11.6 Å². The molecule has 0 saturated heterocycles. The summed E-state index contributed by atoms with van der Waals surface area (Å²) in [5, 5.41) is 14.7. The summed E-state index contributed by atoms with van der Waals surface area (Å²) in [7, 11) is 0. The first-order chi connectivity index (χ1) is 12.5. The molecule has 0 fully saturated rings. The van der Waals surface area contributed by atoms with Gasteiger partial charge in [0.15, 0.2) is 18.1 Å². The number of carbonyl (C=O) groups excluding carboxylic acids is 1. The largest absolute Gasteiger partial charge is 0.490 e. The number of hydrogen-bond donors (Lipinski definition) is 2. The van der Waals surface area contributed by atoms with Crippen molar-refractivity contribution in [2.45, 2.75) is 20.8 Å². The molecular weight excluding hydrogens is 356 g/mol. The van der Waals surface area contributed by atoms with Crippen molar-refractivity contribution in [3.05, 3.63) is 52.0 Å². The SMILES string of the molecule is CCOc1cc(/C=N/O)cc(Cl)c1OCC(=O)Nc1cccc(C)c1C. The molecule has 0 aliphatic rings. The molecule has 2 rings (SSSR count). The summed E-state index contributed by atoms with van der Waals surface area (Å²) < 4.78 is 11.1. The van der Waals surface area contributed by atoms with Crippen LogP contribution in [0.25, 0.3) is 0 Å². The fourth-order valence-electron chi connectivity index (χ4n) is 2.34. The van der Waals surface area contributed by atoms with Crippen LogP contribution < -0.4 is 14.8 Å². The van der Waals surface area contributed by atoms with E-state index in [1.54, 1.807) is 12.1 Å². The second-order valence-corrected chi connectivity index (χ2v) is 6.00. The van der Waals surface area contributed by atoms with E-state index in [4.69, 9.17) is 26.3 Å². The van der Waals surface area contributed by atoms with Crippen molar-refractivity contribution < 1.29 is 19.5 Å². The number of nitrogens with zero attached hydrogens (tertiary/aromatic N) is 1. The molecule has 0 bridgehead atoms. The minimum absolute atomic E-state index is 0.222. The van der Waals surface area contributed by atoms with E-state index in [-0.39, 0.29) is 23.3 Å². The highest BCUT2D eigenvalue weighted by Gasteiger charge is 2.14. The Balaban J connectivity index is 2.12. The monoisotopic (exact) mass is 376 g/mol. The molecule has 0 aliphatic carbocycles. The van der Waals surface area contributed by atoms with Crippen LogP contribution in [0.15, 0.2) is 35.5 Å². The first-order valence-electron chi connectivity index (χ1n) is 8.08. The van der Waals surface area contributed by atoms with E-state index in [0.717, 1.165) is 16.8 Å². The van der Waals surface area contributed by atoms with Crippen LogP contribution in [0.3, 0.4) is 0 Å². The number of ether oxygens (including phenoxy) is 2. The van der Waals surface area contributed by atoms with Crippen molar-refractivity contribution in [2.24, 2.45) is 5.16 Å². The van der Waals surface area contributed by atoms with Crippen LogP contribution in [-0.4, -0.2) is 30.5 Å². The fraction of sp³-hybridized carbons (Fsp3) is 0.263. The molecule has 7 heteroatoms. The van der Waals surface area contributed by atoms with Crippen molar-refractivity contribution in [1.82, 2.24) is 0 Å². The van der Waals surface area contributed by atoms with Gasteiger partial charge in [0.05, 0.1) is 17.8 Å². The molecule has 138 valence electrons. The third-order valence-electron chi connectivity index (χ3n) is 3.76. The molecule has 0 radical (unpaired) electrons. The average Bonchev–Trinajstić information content (AvgIpc) is 2.59. The lowest BCUT2D eigenvalue weighted by Crippen LogP contribution is -2.21. The Morgan fingerprint density at radius 1 is 1.31 bits per heavy atom. The lowest BCUT2D eigenvalue weighted by molar-refractivity contribution is -0.118. The minimum atomic E-state index is -0.307. The van der Waals surface area contributed by atoms with Gasteiger partial charge in [-0.2, -0.15) is 0 Å². The predicted octanol–water partition coefficient (Wildman–Crippen LogP) is 4.18. The number of oxime groups is 1. The molecule has 0 unspecified atom stereocenters. The van der Waals surface area contributed by atoms with E-state index in [0.29, 0.717) is 17.9 Å². The third-order valence-corrected chi connectivity index (χ3v) is 4.05. The first-order valence-corrected chi connectivity index (χ1v) is 8.46. The Morgan fingerprint density at radius 2 is 2.08 bits per heavy atom. The van der Waals surface area contributed by atoms with Gasteiger partial charge in [0, 0.05) is 11.3 Å². The van der Waals surface area contributed by atoms with Gasteiger partial charge in [-0.15, -0.1) is 0 Å². The van der Waals surface area contributed by atoms with Gasteiger partial charge in [0.1, 0.15) is 0 Å². The van der Waals surface area contributed by atoms with Crippen molar-refractivity contribution in [3.63, 3.8) is 0 Å². The van der Waals surface area contributed by atoms with Crippen LogP contribution in [0.4, 0.5) is 5.69 Å². The average molecular weight is 377 g/mol. The Hall–Kier alpha value is -2.73. The number of halogens is 1. The van der Waals surface area contributed by atoms with E-state index < -0.39 is 0 Å². The molecule has 0 saturated carbocycles. The highest BCUT2D eigenvalue weighted by atomic mass is 35.5. The number of anilines is 1. The van der Waals surface area contributed by atoms with Crippen LogP contribution in [0.2, 0.25) is 5.02 Å². The highest BCUT2D eigenvalue weighted by molar-refractivity contribution is 6.32. The molecule has 0 spiro atoms. The number of carbonyl (C=O) groups is 1. The summed E-state index contributed by atoms with van der Waals surface area (Å²) in [6.45, 7) is 5.91. The molecular formula is C19H21ClN2O4. The molecule has 6 nitrogen and oxygen atoms in total. The molecule has 0 aromatic heterocycles. The molecule has 0 aliphatic heterocycles. The van der Waals surface area contributed by atoms with Crippen LogP contribution in [-0.2, 0) is 4.79 Å². The summed E-state index contributed by atoms with van der Waals surface area (Å²) in [5.41, 5.74) is 3.38. The number of nitrogens with one attached hydrogen (secondary N) is 1. The summed E-state index contributed by atoms with van der Waals surface area (Å²) >= 11 is 6.22. The molecule has 1 amide bonds. The quantitative estimate of drug-likeness (QED) is 0.431. The molecule has 2 aromatic carbocycles. The molecule has 0 heterocycles. The van der Waals surface area contributed by atoms with Gasteiger partial charge in [-0.05, 0) is 50.1 Å². The van der Waals surface area contributed by atoms with E-state index in [1.807, 2.05) is 39.0 Å². The predicted molar refractivity (Wildman–Crippen MR) is 102 cm³/mol. The summed E-state index contributed by atoms with van der Waals surface area (Å²) in [6, 6.07) is 8.87. The van der Waals surface area contributed by atoms with Crippen molar-refractivity contribution in [2.75, 3.05) is 18.5 Å². The zero-order chi connectivity index (χ0) is 19.1. The summed E-state index contributed by atoms with van der Waals surface area (Å²) in [6.07, 6.45) is 1.23. The Morgan fingerprint density at radius 3 is 2.77 bits per heavy atom. The van der Waals surface area contributed by atoms with Crippen molar-refractivity contribution in [3.8, 4) is 11.5 Å². The van der Waals surface area contributed by atoms with Crippen LogP contribution in [0, 0.1) is 13.8 Å². The molecule has 2 aromatic rings. The first kappa shape index (κ1) is 19.6. The van der Waals surface area contributed by atoms with E-state index in [2.05, 4.69) is 10.5 Å². The number of hydrogen-bond acceptors (Lipinski definition) is 5. The Labute approximate surface area is 157 Å². The van der Waals surface area contributed by atoms with Crippen LogP contribution in [0.1, 0.15) is 23.6 Å². The van der Waals surface area contributed by atoms with Gasteiger partial charge in [0.25, 0.3) is 5.91 Å². The standard InChI is InChI=1S/C19H21ClN2O4/c1-4-25-17-9-14(10-21-24)8-15(20)19(17)26-11-18(23)22-16-7-5-6-12(2)13(16)3/h5-10,24H,4,11H2,1-3H3,(H,22,23)/b21-10+. The van der Waals surface area contributed by atoms with E-state index >= 15 is 0 Å². The van der Waals surface area contributed by atoms with Gasteiger partial charge in [-0.25, -0.2) is 0 Å². The molecule has 0 atom stereocenters. The lowest BCUT2D eigenvalue weighted by Gasteiger charge is -2.15. The maximum absolute atomic E-state index is 12.2. The second kappa shape index (κ2) is 9.10. The number of amides is 1. The number of rotatable bonds is 7. The van der Waals surface area contributed by atoms with Gasteiger partial charge in [-0.1, -0.05) is 28.9 Å². The summed E-state index contributed by atoms with van der Waals surface area (Å²) in [5.74, 6) is 0.326. The highest BCUT2D eigenvalue weighted by Crippen LogP contribution is 2.36. The molecule has 26 heavy (non-hydrogen) atoms. The van der Waals surface area contributed by atoms with Gasteiger partial charge < -0.3 is 20.0 Å². The maximum Gasteiger partial charge on any atom is 0.262 e. The van der Waals surface area contributed by atoms with Crippen molar-refractivity contribution in [1.29, 1.82) is 0 Å². The molecule has 2 N–H and O–H groups in total. The van der Waals surface area contributed by atoms with Gasteiger partial charge >= 0.3 is 0 Å². The van der Waals surface area contributed by atoms with Crippen LogP contribution in [0.5, 0.6) is 11.5 Å². The summed E-state index contributed by atoms with van der Waals surface area (Å²) in [4.78, 5) is 12.2. The zero-order valence-electron chi connectivity index (χ0n) is 14.9. The third kappa shape index (κ3) is 4.89. The van der Waals surface area contributed by atoms with E-state index in [1.165, 1.54) is 6.21 Å². The minimum Gasteiger partial charge on any atom is -0.490 e. The normalized spacial score (nSPS) is 10.8. The van der Waals surface area contributed by atoms with Gasteiger partial charge in [-0.3, -0.25) is 4.79 Å². The fourth-order valence-corrected chi connectivity index (χ4v) is 2.62. The lowest BCUT2D eigenvalue weighted by atomic mass is 10.1. The number of benzene rings is 2. The zero-order valence-corrected chi connectivity index (χ0v) is 15.6. The second-order valence-electron chi connectivity index (χ2n) is 5.59. The Bertz CT molecular complexity index is 821.